The van der Waals surface area contributed by atoms with E-state index in [1.807, 2.05) is 0 Å². The highest BCUT2D eigenvalue weighted by molar-refractivity contribution is 5.84. The van der Waals surface area contributed by atoms with Crippen molar-refractivity contribution in [2.24, 2.45) is 11.5 Å². The van der Waals surface area contributed by atoms with Gasteiger partial charge >= 0.3 is 0 Å². The Labute approximate surface area is 116 Å². The zero-order chi connectivity index (χ0) is 13.9. The molecule has 1 saturated carbocycles. The second kappa shape index (κ2) is 6.20. The molecular weight excluding hydrogens is 240 g/mol. The quantitative estimate of drug-likeness (QED) is 0.743. The van der Waals surface area contributed by atoms with Crippen LogP contribution in [0.25, 0.3) is 0 Å². The first-order valence-electron chi connectivity index (χ1n) is 7.53. The van der Waals surface area contributed by atoms with Gasteiger partial charge in [0.15, 0.2) is 0 Å². The standard InChI is InChI=1S/C14H28N4O/c1-17(9-10-18-7-2-3-8-18)12-5-4-6-14(16,11-12)13(15)19/h12H,2-11,16H2,1H3,(H2,15,19). The minimum atomic E-state index is -0.787. The van der Waals surface area contributed by atoms with E-state index in [1.165, 1.54) is 25.9 Å². The van der Waals surface area contributed by atoms with Crippen molar-refractivity contribution in [2.75, 3.05) is 33.2 Å². The van der Waals surface area contributed by atoms with Crippen molar-refractivity contribution < 1.29 is 4.79 Å². The molecule has 0 spiro atoms. The van der Waals surface area contributed by atoms with Gasteiger partial charge in [-0.2, -0.15) is 0 Å². The molecule has 2 fully saturated rings. The van der Waals surface area contributed by atoms with E-state index in [2.05, 4.69) is 16.8 Å². The number of hydrogen-bond donors (Lipinski definition) is 2. The molecule has 2 atom stereocenters. The van der Waals surface area contributed by atoms with Crippen molar-refractivity contribution in [1.82, 2.24) is 9.80 Å². The highest BCUT2D eigenvalue weighted by Gasteiger charge is 2.38. The van der Waals surface area contributed by atoms with Gasteiger partial charge in [-0.25, -0.2) is 0 Å². The lowest BCUT2D eigenvalue weighted by Gasteiger charge is -2.40. The minimum absolute atomic E-state index is 0.342. The first kappa shape index (κ1) is 14.8. The zero-order valence-corrected chi connectivity index (χ0v) is 12.1. The maximum Gasteiger partial charge on any atom is 0.237 e. The zero-order valence-electron chi connectivity index (χ0n) is 12.1. The van der Waals surface area contributed by atoms with Crippen LogP contribution in [0.2, 0.25) is 0 Å². The third-order valence-corrected chi connectivity index (χ3v) is 4.84. The number of primary amides is 1. The number of hydrogen-bond acceptors (Lipinski definition) is 4. The number of carbonyl (C=O) groups is 1. The predicted octanol–water partition coefficient (Wildman–Crippen LogP) is 0.139. The van der Waals surface area contributed by atoms with Crippen molar-refractivity contribution in [3.63, 3.8) is 0 Å². The monoisotopic (exact) mass is 268 g/mol. The van der Waals surface area contributed by atoms with Crippen LogP contribution in [-0.4, -0.2) is 60.5 Å². The summed E-state index contributed by atoms with van der Waals surface area (Å²) in [7, 11) is 2.15. The van der Waals surface area contributed by atoms with Gasteiger partial charge in [0.1, 0.15) is 0 Å². The topological polar surface area (TPSA) is 75.6 Å². The molecule has 2 aliphatic rings. The van der Waals surface area contributed by atoms with Gasteiger partial charge in [0.05, 0.1) is 5.54 Å². The summed E-state index contributed by atoms with van der Waals surface area (Å²) in [6, 6.07) is 0.397. The first-order chi connectivity index (χ1) is 9.01. The molecule has 4 N–H and O–H groups in total. The first-order valence-corrected chi connectivity index (χ1v) is 7.53. The number of carbonyl (C=O) groups excluding carboxylic acids is 1. The highest BCUT2D eigenvalue weighted by atomic mass is 16.1. The van der Waals surface area contributed by atoms with Crippen LogP contribution in [0.15, 0.2) is 0 Å². The molecule has 2 rings (SSSR count). The van der Waals surface area contributed by atoms with Gasteiger partial charge in [0, 0.05) is 19.1 Å². The Bertz CT molecular complexity index is 317. The summed E-state index contributed by atoms with van der Waals surface area (Å²) in [5.74, 6) is -0.342. The Kier molecular flexibility index (Phi) is 4.81. The van der Waals surface area contributed by atoms with Gasteiger partial charge in [0.2, 0.25) is 5.91 Å². The van der Waals surface area contributed by atoms with E-state index in [-0.39, 0.29) is 5.91 Å². The Morgan fingerprint density at radius 1 is 1.37 bits per heavy atom. The SMILES string of the molecule is CN(CCN1CCCC1)C1CCCC(N)(C(N)=O)C1. The van der Waals surface area contributed by atoms with Crippen LogP contribution in [-0.2, 0) is 4.79 Å². The average Bonchev–Trinajstić information content (AvgIpc) is 2.89. The van der Waals surface area contributed by atoms with Crippen molar-refractivity contribution in [3.05, 3.63) is 0 Å². The van der Waals surface area contributed by atoms with Gasteiger partial charge in [-0.3, -0.25) is 4.79 Å². The number of rotatable bonds is 5. The van der Waals surface area contributed by atoms with E-state index in [9.17, 15) is 4.79 Å². The molecule has 5 heteroatoms. The summed E-state index contributed by atoms with van der Waals surface area (Å²) < 4.78 is 0. The molecule has 1 aliphatic carbocycles. The average molecular weight is 268 g/mol. The third kappa shape index (κ3) is 3.68. The molecule has 1 amide bonds. The van der Waals surface area contributed by atoms with Crippen LogP contribution < -0.4 is 11.5 Å². The highest BCUT2D eigenvalue weighted by Crippen LogP contribution is 2.28. The Balaban J connectivity index is 1.81. The summed E-state index contributed by atoms with van der Waals surface area (Å²) in [6.07, 6.45) is 6.24. The van der Waals surface area contributed by atoms with Gasteiger partial charge in [0.25, 0.3) is 0 Å². The van der Waals surface area contributed by atoms with Crippen molar-refractivity contribution in [1.29, 1.82) is 0 Å². The van der Waals surface area contributed by atoms with Gasteiger partial charge in [-0.1, -0.05) is 0 Å². The summed E-state index contributed by atoms with van der Waals surface area (Å²) in [5.41, 5.74) is 10.8. The molecule has 1 heterocycles. The van der Waals surface area contributed by atoms with Crippen molar-refractivity contribution in [3.8, 4) is 0 Å². The Hall–Kier alpha value is -0.650. The van der Waals surface area contributed by atoms with E-state index in [0.717, 1.165) is 32.4 Å². The summed E-state index contributed by atoms with van der Waals surface area (Å²) in [5, 5.41) is 0. The molecule has 1 saturated heterocycles. The molecular formula is C14H28N4O. The van der Waals surface area contributed by atoms with Gasteiger partial charge in [-0.05, 0) is 58.7 Å². The molecule has 0 aromatic heterocycles. The van der Waals surface area contributed by atoms with E-state index in [1.54, 1.807) is 0 Å². The molecule has 2 unspecified atom stereocenters. The summed E-state index contributed by atoms with van der Waals surface area (Å²) in [4.78, 5) is 16.4. The van der Waals surface area contributed by atoms with Crippen LogP contribution in [0.4, 0.5) is 0 Å². The fourth-order valence-electron chi connectivity index (χ4n) is 3.37. The number of nitrogens with zero attached hydrogens (tertiary/aromatic N) is 2. The molecule has 0 aromatic carbocycles. The largest absolute Gasteiger partial charge is 0.368 e. The van der Waals surface area contributed by atoms with Crippen LogP contribution in [0.1, 0.15) is 38.5 Å². The van der Waals surface area contributed by atoms with E-state index >= 15 is 0 Å². The second-order valence-corrected chi connectivity index (χ2v) is 6.30. The molecule has 1 aliphatic heterocycles. The normalized spacial score (nSPS) is 32.9. The maximum absolute atomic E-state index is 11.5. The lowest BCUT2D eigenvalue weighted by atomic mass is 9.79. The number of nitrogens with two attached hydrogens (primary N) is 2. The smallest absolute Gasteiger partial charge is 0.237 e. The van der Waals surface area contributed by atoms with Crippen LogP contribution in [0, 0.1) is 0 Å². The molecule has 19 heavy (non-hydrogen) atoms. The number of likely N-dealkylation sites (N-methyl/N-ethyl adjacent to an activating group) is 1. The van der Waals surface area contributed by atoms with Crippen LogP contribution in [0.3, 0.4) is 0 Å². The molecule has 0 bridgehead atoms. The predicted molar refractivity (Wildman–Crippen MR) is 76.7 cm³/mol. The molecule has 0 aromatic rings. The number of amides is 1. The second-order valence-electron chi connectivity index (χ2n) is 6.30. The number of likely N-dealkylation sites (tertiary alicyclic amines) is 1. The van der Waals surface area contributed by atoms with Crippen molar-refractivity contribution >= 4 is 5.91 Å². The lowest BCUT2D eigenvalue weighted by Crippen LogP contribution is -2.58. The summed E-state index contributed by atoms with van der Waals surface area (Å²) in [6.45, 7) is 4.65. The van der Waals surface area contributed by atoms with E-state index in [4.69, 9.17) is 11.5 Å². The van der Waals surface area contributed by atoms with E-state index in [0.29, 0.717) is 12.5 Å². The Morgan fingerprint density at radius 2 is 2.05 bits per heavy atom. The maximum atomic E-state index is 11.5. The van der Waals surface area contributed by atoms with Gasteiger partial charge in [-0.15, -0.1) is 0 Å². The summed E-state index contributed by atoms with van der Waals surface area (Å²) >= 11 is 0. The third-order valence-electron chi connectivity index (χ3n) is 4.84. The minimum Gasteiger partial charge on any atom is -0.368 e. The van der Waals surface area contributed by atoms with Gasteiger partial charge < -0.3 is 21.3 Å². The fourth-order valence-corrected chi connectivity index (χ4v) is 3.37. The van der Waals surface area contributed by atoms with E-state index < -0.39 is 5.54 Å². The van der Waals surface area contributed by atoms with Crippen molar-refractivity contribution in [2.45, 2.75) is 50.1 Å². The van der Waals surface area contributed by atoms with Crippen LogP contribution in [0.5, 0.6) is 0 Å². The van der Waals surface area contributed by atoms with Crippen LogP contribution >= 0.6 is 0 Å². The molecule has 5 nitrogen and oxygen atoms in total. The molecule has 0 radical (unpaired) electrons. The fraction of sp³-hybridized carbons (Fsp3) is 0.929. The lowest BCUT2D eigenvalue weighted by molar-refractivity contribution is -0.125. The molecule has 110 valence electrons. The Morgan fingerprint density at radius 3 is 2.68 bits per heavy atom.